The number of nitrogens with one attached hydrogen (secondary N) is 1. The number of nitrogens with zero attached hydrogens (tertiary/aromatic N) is 4. The number of aryl methyl sites for hydroxylation is 1. The second-order valence-corrected chi connectivity index (χ2v) is 7.85. The maximum atomic E-state index is 12.3. The molecular weight excluding hydrogens is 386 g/mol. The Labute approximate surface area is 174 Å². The van der Waals surface area contributed by atoms with E-state index in [0.29, 0.717) is 23.8 Å². The van der Waals surface area contributed by atoms with E-state index in [1.807, 2.05) is 37.3 Å². The summed E-state index contributed by atoms with van der Waals surface area (Å²) in [4.78, 5) is 28.0. The molecule has 0 radical (unpaired) electrons. The van der Waals surface area contributed by atoms with Crippen molar-refractivity contribution in [3.63, 3.8) is 0 Å². The molecular formula is C21H23N5O2S. The van der Waals surface area contributed by atoms with Gasteiger partial charge >= 0.3 is 0 Å². The average molecular weight is 410 g/mol. The molecule has 7 nitrogen and oxygen atoms in total. The summed E-state index contributed by atoms with van der Waals surface area (Å²) in [5, 5.41) is 3.54. The van der Waals surface area contributed by atoms with Crippen molar-refractivity contribution in [3.05, 3.63) is 65.5 Å². The molecule has 29 heavy (non-hydrogen) atoms. The van der Waals surface area contributed by atoms with Crippen LogP contribution < -0.4 is 10.2 Å². The predicted octanol–water partition coefficient (Wildman–Crippen LogP) is 3.60. The highest BCUT2D eigenvalue weighted by atomic mass is 32.2. The predicted molar refractivity (Wildman–Crippen MR) is 112 cm³/mol. The Bertz CT molecular complexity index is 970. The van der Waals surface area contributed by atoms with Crippen molar-refractivity contribution >= 4 is 23.5 Å². The Balaban J connectivity index is 1.34. The molecule has 4 heterocycles. The number of thioether (sulfide) groups is 1. The topological polar surface area (TPSA) is 84.2 Å². The number of hydrogen-bond donors (Lipinski definition) is 1. The molecule has 1 N–H and O–H groups in total. The maximum Gasteiger partial charge on any atom is 0.287 e. The zero-order valence-corrected chi connectivity index (χ0v) is 17.1. The number of amides is 1. The van der Waals surface area contributed by atoms with Crippen LogP contribution in [0.3, 0.4) is 0 Å². The Kier molecular flexibility index (Phi) is 6.09. The summed E-state index contributed by atoms with van der Waals surface area (Å²) in [6, 6.07) is 11.1. The van der Waals surface area contributed by atoms with Gasteiger partial charge in [0.1, 0.15) is 11.6 Å². The molecule has 0 spiro atoms. The van der Waals surface area contributed by atoms with Crippen LogP contribution in [-0.4, -0.2) is 33.9 Å². The Morgan fingerprint density at radius 3 is 2.86 bits per heavy atom. The molecule has 0 atom stereocenters. The van der Waals surface area contributed by atoms with Crippen LogP contribution in [0.4, 0.5) is 5.82 Å². The fourth-order valence-electron chi connectivity index (χ4n) is 3.17. The number of rotatable bonds is 7. The number of furan rings is 1. The van der Waals surface area contributed by atoms with E-state index >= 15 is 0 Å². The SMILES string of the molecule is Cc1cc(N2CCCC2)nc(SCc2ccc(C(=O)NCc3ccccn3)o2)n1. The number of carbonyl (C=O) groups is 1. The van der Waals surface area contributed by atoms with Crippen LogP contribution in [0, 0.1) is 6.92 Å². The van der Waals surface area contributed by atoms with Gasteiger partial charge in [-0.05, 0) is 44.0 Å². The molecule has 0 bridgehead atoms. The van der Waals surface area contributed by atoms with Gasteiger partial charge in [-0.2, -0.15) is 0 Å². The number of hydrogen-bond acceptors (Lipinski definition) is 7. The monoisotopic (exact) mass is 409 g/mol. The minimum absolute atomic E-state index is 0.255. The number of anilines is 1. The molecule has 0 aromatic carbocycles. The van der Waals surface area contributed by atoms with Crippen molar-refractivity contribution < 1.29 is 9.21 Å². The molecule has 1 saturated heterocycles. The zero-order valence-electron chi connectivity index (χ0n) is 16.3. The standard InChI is InChI=1S/C21H23N5O2S/c1-15-12-19(26-10-4-5-11-26)25-21(24-15)29-14-17-7-8-18(28-17)20(27)23-13-16-6-2-3-9-22-16/h2-3,6-9,12H,4-5,10-11,13-14H2,1H3,(H,23,27). The first-order valence-electron chi connectivity index (χ1n) is 9.67. The first-order chi connectivity index (χ1) is 14.2. The molecule has 0 aliphatic carbocycles. The largest absolute Gasteiger partial charge is 0.455 e. The number of aromatic nitrogens is 3. The van der Waals surface area contributed by atoms with Gasteiger partial charge in [0, 0.05) is 31.0 Å². The van der Waals surface area contributed by atoms with Crippen molar-refractivity contribution in [1.29, 1.82) is 0 Å². The fourth-order valence-corrected chi connectivity index (χ4v) is 3.96. The van der Waals surface area contributed by atoms with E-state index < -0.39 is 0 Å². The normalized spacial score (nSPS) is 13.6. The van der Waals surface area contributed by atoms with Crippen molar-refractivity contribution in [2.45, 2.75) is 37.2 Å². The Hall–Kier alpha value is -2.87. The van der Waals surface area contributed by atoms with Crippen LogP contribution in [0.1, 0.15) is 40.5 Å². The summed E-state index contributed by atoms with van der Waals surface area (Å²) >= 11 is 1.51. The molecule has 1 fully saturated rings. The highest BCUT2D eigenvalue weighted by Gasteiger charge is 2.16. The van der Waals surface area contributed by atoms with Crippen molar-refractivity contribution in [3.8, 4) is 0 Å². The van der Waals surface area contributed by atoms with Gasteiger partial charge in [0.2, 0.25) is 0 Å². The van der Waals surface area contributed by atoms with E-state index in [2.05, 4.69) is 25.2 Å². The lowest BCUT2D eigenvalue weighted by atomic mass is 10.3. The number of carbonyl (C=O) groups excluding carboxylic acids is 1. The summed E-state index contributed by atoms with van der Waals surface area (Å²) in [6.07, 6.45) is 4.12. The average Bonchev–Trinajstić information content (AvgIpc) is 3.43. The van der Waals surface area contributed by atoms with E-state index in [1.54, 1.807) is 12.3 Å². The van der Waals surface area contributed by atoms with E-state index in [9.17, 15) is 4.79 Å². The smallest absolute Gasteiger partial charge is 0.287 e. The quantitative estimate of drug-likeness (QED) is 0.471. The van der Waals surface area contributed by atoms with Gasteiger partial charge in [-0.3, -0.25) is 9.78 Å². The third-order valence-corrected chi connectivity index (χ3v) is 5.51. The summed E-state index contributed by atoms with van der Waals surface area (Å²) in [5.41, 5.74) is 1.76. The van der Waals surface area contributed by atoms with E-state index in [0.717, 1.165) is 35.5 Å². The van der Waals surface area contributed by atoms with Crippen molar-refractivity contribution in [1.82, 2.24) is 20.3 Å². The molecule has 0 unspecified atom stereocenters. The summed E-state index contributed by atoms with van der Waals surface area (Å²) in [6.45, 7) is 4.45. The maximum absolute atomic E-state index is 12.3. The lowest BCUT2D eigenvalue weighted by molar-refractivity contribution is 0.0921. The second-order valence-electron chi connectivity index (χ2n) is 6.90. The number of pyridine rings is 1. The van der Waals surface area contributed by atoms with Gasteiger partial charge in [0.05, 0.1) is 18.0 Å². The molecule has 3 aromatic rings. The van der Waals surface area contributed by atoms with Gasteiger partial charge < -0.3 is 14.6 Å². The van der Waals surface area contributed by atoms with E-state index in [1.165, 1.54) is 24.6 Å². The van der Waals surface area contributed by atoms with E-state index in [-0.39, 0.29) is 5.91 Å². The van der Waals surface area contributed by atoms with E-state index in [4.69, 9.17) is 4.42 Å². The third-order valence-electron chi connectivity index (χ3n) is 4.64. The van der Waals surface area contributed by atoms with Gasteiger partial charge in [0.15, 0.2) is 10.9 Å². The summed E-state index contributed by atoms with van der Waals surface area (Å²) < 4.78 is 5.70. The minimum atomic E-state index is -0.255. The Morgan fingerprint density at radius 2 is 2.07 bits per heavy atom. The van der Waals surface area contributed by atoms with Crippen LogP contribution in [0.25, 0.3) is 0 Å². The zero-order chi connectivity index (χ0) is 20.1. The van der Waals surface area contributed by atoms with Crippen molar-refractivity contribution in [2.75, 3.05) is 18.0 Å². The van der Waals surface area contributed by atoms with Gasteiger partial charge in [-0.1, -0.05) is 17.8 Å². The van der Waals surface area contributed by atoms with Gasteiger partial charge in [-0.15, -0.1) is 0 Å². The lowest BCUT2D eigenvalue weighted by Gasteiger charge is -2.17. The molecule has 0 saturated carbocycles. The van der Waals surface area contributed by atoms with Gasteiger partial charge in [-0.25, -0.2) is 9.97 Å². The summed E-state index contributed by atoms with van der Waals surface area (Å²) in [7, 11) is 0. The fraction of sp³-hybridized carbons (Fsp3) is 0.333. The molecule has 4 rings (SSSR count). The van der Waals surface area contributed by atoms with Crippen molar-refractivity contribution in [2.24, 2.45) is 0 Å². The molecule has 1 aliphatic rings. The molecule has 150 valence electrons. The highest BCUT2D eigenvalue weighted by Crippen LogP contribution is 2.25. The third kappa shape index (κ3) is 5.14. The molecule has 1 aliphatic heterocycles. The first-order valence-corrected chi connectivity index (χ1v) is 10.7. The van der Waals surface area contributed by atoms with Crippen LogP contribution >= 0.6 is 11.8 Å². The Morgan fingerprint density at radius 1 is 1.21 bits per heavy atom. The molecule has 1 amide bonds. The van der Waals surface area contributed by atoms with Gasteiger partial charge in [0.25, 0.3) is 5.91 Å². The molecule has 3 aromatic heterocycles. The van der Waals surface area contributed by atoms with Crippen LogP contribution in [-0.2, 0) is 12.3 Å². The molecule has 8 heteroatoms. The van der Waals surface area contributed by atoms with Crippen LogP contribution in [0.15, 0.2) is 52.2 Å². The minimum Gasteiger partial charge on any atom is -0.455 e. The highest BCUT2D eigenvalue weighted by molar-refractivity contribution is 7.98. The van der Waals surface area contributed by atoms with Crippen LogP contribution in [0.5, 0.6) is 0 Å². The lowest BCUT2D eigenvalue weighted by Crippen LogP contribution is -2.22. The van der Waals surface area contributed by atoms with Crippen LogP contribution in [0.2, 0.25) is 0 Å². The summed E-state index contributed by atoms with van der Waals surface area (Å²) in [5.74, 6) is 2.31. The first kappa shape index (κ1) is 19.4. The second kappa shape index (κ2) is 9.09.